The van der Waals surface area contributed by atoms with Crippen LogP contribution in [-0.2, 0) is 19.1 Å². The zero-order valence-electron chi connectivity index (χ0n) is 41.3. The molecule has 8 aliphatic rings. The Kier molecular flexibility index (Phi) is 13.5. The van der Waals surface area contributed by atoms with Crippen molar-refractivity contribution in [3.05, 3.63) is 29.9 Å². The number of carbonyl (C=O) groups excluding carboxylic acids is 1. The van der Waals surface area contributed by atoms with E-state index in [1.54, 1.807) is 12.5 Å². The molecule has 0 unspecified atom stereocenters. The van der Waals surface area contributed by atoms with Crippen LogP contribution in [-0.4, -0.2) is 143 Å². The summed E-state index contributed by atoms with van der Waals surface area (Å²) in [4.78, 5) is 35.3. The maximum Gasteiger partial charge on any atom is 0.310 e. The van der Waals surface area contributed by atoms with Gasteiger partial charge in [-0.15, -0.1) is 0 Å². The number of aliphatic hydroxyl groups is 8. The minimum Gasteiger partial charge on any atom is -0.481 e. The van der Waals surface area contributed by atoms with E-state index in [-0.39, 0.29) is 55.1 Å². The third-order valence-corrected chi connectivity index (χ3v) is 22.1. The summed E-state index contributed by atoms with van der Waals surface area (Å²) in [5.41, 5.74) is 3.21. The molecule has 6 aliphatic carbocycles. The van der Waals surface area contributed by atoms with Crippen LogP contribution in [0.1, 0.15) is 136 Å². The number of aliphatic carboxylic acids is 1. The maximum absolute atomic E-state index is 14.2. The number of carboxylic acid groups (broad SMARTS) is 1. The molecule has 2 saturated heterocycles. The summed E-state index contributed by atoms with van der Waals surface area (Å²) in [7, 11) is 0. The van der Waals surface area contributed by atoms with Crippen LogP contribution in [0, 0.1) is 73.4 Å². The van der Waals surface area contributed by atoms with Crippen molar-refractivity contribution in [3.63, 3.8) is 0 Å². The molecular formula is C52H82N4O13. The number of imidazole rings is 1. The van der Waals surface area contributed by atoms with Crippen LogP contribution in [0.4, 0.5) is 0 Å². The fourth-order valence-electron chi connectivity index (χ4n) is 18.1. The lowest BCUT2D eigenvalue weighted by Crippen LogP contribution is -2.75. The quantitative estimate of drug-likeness (QED) is 0.0769. The molecule has 1 aromatic rings. The molecule has 7 fully saturated rings. The summed E-state index contributed by atoms with van der Waals surface area (Å²) < 4.78 is 12.6. The van der Waals surface area contributed by atoms with Crippen molar-refractivity contribution < 1.29 is 65.0 Å². The smallest absolute Gasteiger partial charge is 0.310 e. The molecule has 388 valence electrons. The molecule has 1 aromatic heterocycles. The van der Waals surface area contributed by atoms with Crippen LogP contribution >= 0.6 is 0 Å². The van der Waals surface area contributed by atoms with Crippen LogP contribution in [0.25, 0.3) is 0 Å². The number of amides is 1. The Hall–Kier alpha value is -2.55. The normalized spacial score (nSPS) is 48.9. The van der Waals surface area contributed by atoms with E-state index in [1.165, 1.54) is 5.57 Å². The van der Waals surface area contributed by atoms with Crippen molar-refractivity contribution >= 4 is 11.9 Å². The van der Waals surface area contributed by atoms with Crippen LogP contribution in [0.5, 0.6) is 0 Å². The number of rotatable bonds is 13. The van der Waals surface area contributed by atoms with Crippen molar-refractivity contribution in [2.45, 2.75) is 180 Å². The molecule has 5 saturated carbocycles. The number of H-pyrrole nitrogens is 1. The van der Waals surface area contributed by atoms with E-state index in [0.29, 0.717) is 51.4 Å². The monoisotopic (exact) mass is 971 g/mol. The summed E-state index contributed by atoms with van der Waals surface area (Å²) in [5.74, 6) is -4.39. The molecule has 0 radical (unpaired) electrons. The number of fused-ring (bicyclic) bond motifs is 8. The number of allylic oxidation sites excluding steroid dienone is 2. The average Bonchev–Trinajstić information content (AvgIpc) is 4.10. The Morgan fingerprint density at radius 3 is 2.26 bits per heavy atom. The molecule has 1 amide bonds. The van der Waals surface area contributed by atoms with Gasteiger partial charge in [0, 0.05) is 35.9 Å². The number of ether oxygens (including phenoxy) is 2. The van der Waals surface area contributed by atoms with Crippen molar-refractivity contribution in [1.82, 2.24) is 15.3 Å². The number of hydrogen-bond acceptors (Lipinski definition) is 14. The van der Waals surface area contributed by atoms with Crippen molar-refractivity contribution in [2.24, 2.45) is 79.1 Å². The molecule has 1 spiro atoms. The second-order valence-corrected chi connectivity index (χ2v) is 24.8. The topological polar surface area (TPSA) is 301 Å². The Bertz CT molecular complexity index is 2090. The summed E-state index contributed by atoms with van der Waals surface area (Å²) in [6, 6.07) is -0.588. The van der Waals surface area contributed by atoms with E-state index in [0.717, 1.165) is 31.4 Å². The lowest BCUT2D eigenvalue weighted by atomic mass is 9.26. The highest BCUT2D eigenvalue weighted by Gasteiger charge is 2.78. The van der Waals surface area contributed by atoms with Crippen LogP contribution in [0.2, 0.25) is 0 Å². The highest BCUT2D eigenvalue weighted by Crippen LogP contribution is 2.83. The van der Waals surface area contributed by atoms with Gasteiger partial charge in [-0.2, -0.15) is 0 Å². The zero-order valence-corrected chi connectivity index (χ0v) is 41.3. The molecule has 2 aliphatic heterocycles. The SMILES string of the molecule is C[C@]1(CO)CC[C@]2(C(=O)O)CC[C@]3(C)C(=CC[C@@H]4[C@]5(C)[C@H](CC6(CCCC6)[C@]43C)[C@](C)(CO)[C@H](O[C@@H]3OC[C@@H](O)[C@H](O)[C@H]3O)[C@H](O)[C@@H]5C[C@H]3[C@H]([C@H](CC[C@@H](N)O)c4cnc[nH]4)NC(=O)[C@@H]3CO)[C@@H]2C1. The first kappa shape index (κ1) is 51.4. The van der Waals surface area contributed by atoms with Gasteiger partial charge < -0.3 is 71.5 Å². The first-order valence-corrected chi connectivity index (χ1v) is 26.0. The lowest BCUT2D eigenvalue weighted by molar-refractivity contribution is -0.351. The number of aromatic nitrogens is 2. The number of carbonyl (C=O) groups is 2. The number of nitrogens with zero attached hydrogens (tertiary/aromatic N) is 1. The molecular weight excluding hydrogens is 889 g/mol. The molecule has 21 atom stereocenters. The van der Waals surface area contributed by atoms with E-state index >= 15 is 0 Å². The van der Waals surface area contributed by atoms with E-state index in [4.69, 9.17) is 15.2 Å². The van der Waals surface area contributed by atoms with E-state index in [1.807, 2.05) is 6.92 Å². The second kappa shape index (κ2) is 18.1. The largest absolute Gasteiger partial charge is 0.481 e. The highest BCUT2D eigenvalue weighted by molar-refractivity contribution is 5.82. The number of aromatic amines is 1. The third-order valence-electron chi connectivity index (χ3n) is 22.1. The Labute approximate surface area is 406 Å². The van der Waals surface area contributed by atoms with Gasteiger partial charge in [0.2, 0.25) is 5.91 Å². The predicted molar refractivity (Wildman–Crippen MR) is 250 cm³/mol. The number of nitrogens with one attached hydrogen (secondary N) is 2. The minimum atomic E-state index is -1.67. The Morgan fingerprint density at radius 1 is 0.928 bits per heavy atom. The van der Waals surface area contributed by atoms with Crippen molar-refractivity contribution in [1.29, 1.82) is 0 Å². The van der Waals surface area contributed by atoms with Crippen LogP contribution in [0.3, 0.4) is 0 Å². The van der Waals surface area contributed by atoms with Gasteiger partial charge in [0.1, 0.15) is 24.5 Å². The molecule has 17 heteroatoms. The second-order valence-electron chi connectivity index (χ2n) is 24.8. The van der Waals surface area contributed by atoms with Gasteiger partial charge in [0.15, 0.2) is 6.29 Å². The molecule has 17 nitrogen and oxygen atoms in total. The molecule has 3 heterocycles. The third kappa shape index (κ3) is 7.42. The fraction of sp³-hybridized carbons (Fsp3) is 0.865. The standard InChI is InChI=1S/C52H82N4O13/c1-46(24-58)14-16-52(45(66)67)17-15-48(3)30(32(52)19-46)9-10-35-49(4)31(18-28-29(22-57)43(65)56-38(28)27(8-11-37(53)61)33-21-54-26-55-33)39(62)42(69-44-41(64)40(63)34(60)23-68-44)47(2,25-59)36(49)20-51(50(35,48)5)12-6-7-13-51/h9,21,26-29,31-32,34-42,44,57-64H,6-8,10-20,22-25,53H2,1-5H3,(H,54,55)(H,56,65)(H,66,67)/t27-,28-,29-,31+,32+,34-,35-,36-,37+,38+,39-,40+,41-,42-,44+,46+,47+,48-,49-,50-,52+/m1/s1. The van der Waals surface area contributed by atoms with Crippen LogP contribution < -0.4 is 11.1 Å². The summed E-state index contributed by atoms with van der Waals surface area (Å²) in [6.45, 7) is 9.89. The summed E-state index contributed by atoms with van der Waals surface area (Å²) in [5, 5.41) is 105. The number of nitrogens with two attached hydrogens (primary N) is 1. The van der Waals surface area contributed by atoms with Gasteiger partial charge in [-0.1, -0.05) is 59.1 Å². The summed E-state index contributed by atoms with van der Waals surface area (Å²) >= 11 is 0. The first-order valence-electron chi connectivity index (χ1n) is 26.0. The van der Waals surface area contributed by atoms with Gasteiger partial charge in [-0.25, -0.2) is 4.98 Å². The van der Waals surface area contributed by atoms with E-state index in [2.05, 4.69) is 49.1 Å². The van der Waals surface area contributed by atoms with E-state index < -0.39 is 124 Å². The lowest BCUT2D eigenvalue weighted by Gasteiger charge is -2.78. The van der Waals surface area contributed by atoms with Gasteiger partial charge >= 0.3 is 5.97 Å². The van der Waals surface area contributed by atoms with Gasteiger partial charge in [0.25, 0.3) is 0 Å². The average molecular weight is 971 g/mol. The number of hydrogen-bond donors (Lipinski definition) is 12. The van der Waals surface area contributed by atoms with Gasteiger partial charge in [0.05, 0.1) is 49.7 Å². The molecule has 13 N–H and O–H groups in total. The maximum atomic E-state index is 14.2. The fourth-order valence-corrected chi connectivity index (χ4v) is 18.1. The minimum absolute atomic E-state index is 0.0276. The van der Waals surface area contributed by atoms with Crippen molar-refractivity contribution in [2.75, 3.05) is 26.4 Å². The van der Waals surface area contributed by atoms with Crippen molar-refractivity contribution in [3.8, 4) is 0 Å². The Balaban J connectivity index is 1.23. The molecule has 69 heavy (non-hydrogen) atoms. The number of aliphatic hydroxyl groups excluding tert-OH is 8. The van der Waals surface area contributed by atoms with Gasteiger partial charge in [-0.3, -0.25) is 9.59 Å². The molecule has 0 aromatic carbocycles. The van der Waals surface area contributed by atoms with E-state index in [9.17, 15) is 55.5 Å². The predicted octanol–water partition coefficient (Wildman–Crippen LogP) is 2.69. The zero-order chi connectivity index (χ0) is 49.9. The first-order chi connectivity index (χ1) is 32.6. The molecule has 0 bridgehead atoms. The highest BCUT2D eigenvalue weighted by atomic mass is 16.7. The van der Waals surface area contributed by atoms with Crippen LogP contribution in [0.15, 0.2) is 24.2 Å². The van der Waals surface area contributed by atoms with Gasteiger partial charge in [-0.05, 0) is 134 Å². The Morgan fingerprint density at radius 2 is 1.64 bits per heavy atom. The molecule has 9 rings (SSSR count). The number of carboxylic acids is 1. The summed E-state index contributed by atoms with van der Waals surface area (Å²) in [6.07, 6.45) is 4.57.